The highest BCUT2D eigenvalue weighted by Gasteiger charge is 2.27. The summed E-state index contributed by atoms with van der Waals surface area (Å²) >= 11 is 0. The standard InChI is InChI=1S/C44H77O10P/c1-3-5-7-9-11-13-15-17-18-19-20-21-22-24-26-28-30-32-34-36-44(48)54-42(38-46)40-52-55(49,50)51-39-41(37-45)53-43(47)35-33-31-29-27-25-23-16-14-12-10-8-6-4-2/h6,8,12,14,17-18,23,25,29,31,41-42,45-46H,3-5,7,9-11,13,15-16,19-22,24,26-28,30,32-40H2,1-2H3,(H,49,50)/b8-6-,14-12-,18-17-,25-23-,31-29-. The van der Waals surface area contributed by atoms with E-state index in [1.54, 1.807) is 0 Å². The number of hydrogen-bond acceptors (Lipinski definition) is 9. The van der Waals surface area contributed by atoms with Crippen LogP contribution in [0.5, 0.6) is 0 Å². The SMILES string of the molecule is CC/C=C\C/C=C\C/C=C\C/C=C\CCC(=O)OC(CO)COP(=O)(O)OCC(CO)OC(=O)CCCCCCCCCCC/C=C\CCCCCCCC. The van der Waals surface area contributed by atoms with Crippen LogP contribution in [0.4, 0.5) is 0 Å². The molecule has 0 rings (SSSR count). The van der Waals surface area contributed by atoms with Crippen molar-refractivity contribution in [2.45, 2.75) is 180 Å². The van der Waals surface area contributed by atoms with Gasteiger partial charge in [-0.15, -0.1) is 0 Å². The highest BCUT2D eigenvalue weighted by molar-refractivity contribution is 7.47. The molecule has 0 fully saturated rings. The molecule has 0 saturated carbocycles. The molecule has 0 amide bonds. The van der Waals surface area contributed by atoms with Gasteiger partial charge in [-0.3, -0.25) is 18.6 Å². The maximum atomic E-state index is 12.3. The van der Waals surface area contributed by atoms with E-state index in [1.165, 1.54) is 83.5 Å². The van der Waals surface area contributed by atoms with Gasteiger partial charge in [-0.2, -0.15) is 0 Å². The van der Waals surface area contributed by atoms with Gasteiger partial charge in [-0.25, -0.2) is 4.57 Å². The number of carbonyl (C=O) groups is 2. The van der Waals surface area contributed by atoms with Crippen LogP contribution >= 0.6 is 7.82 Å². The Balaban J connectivity index is 3.98. The van der Waals surface area contributed by atoms with E-state index in [9.17, 15) is 29.3 Å². The first-order valence-electron chi connectivity index (χ1n) is 21.2. The van der Waals surface area contributed by atoms with Crippen LogP contribution in [0.2, 0.25) is 0 Å². The van der Waals surface area contributed by atoms with Crippen molar-refractivity contribution in [2.75, 3.05) is 26.4 Å². The fraction of sp³-hybridized carbons (Fsp3) is 0.727. The fourth-order valence-electron chi connectivity index (χ4n) is 5.48. The van der Waals surface area contributed by atoms with Crippen molar-refractivity contribution in [1.29, 1.82) is 0 Å². The average molecular weight is 797 g/mol. The van der Waals surface area contributed by atoms with Crippen molar-refractivity contribution in [3.8, 4) is 0 Å². The molecule has 0 aromatic rings. The van der Waals surface area contributed by atoms with E-state index in [4.69, 9.17) is 18.5 Å². The third-order valence-electron chi connectivity index (χ3n) is 8.73. The van der Waals surface area contributed by atoms with Gasteiger partial charge in [0.15, 0.2) is 0 Å². The number of rotatable bonds is 39. The van der Waals surface area contributed by atoms with Crippen LogP contribution in [0, 0.1) is 0 Å². The summed E-state index contributed by atoms with van der Waals surface area (Å²) in [4.78, 5) is 34.4. The van der Waals surface area contributed by atoms with Gasteiger partial charge in [0.2, 0.25) is 0 Å². The Morgan fingerprint density at radius 1 is 0.509 bits per heavy atom. The molecule has 0 saturated heterocycles. The lowest BCUT2D eigenvalue weighted by molar-refractivity contribution is -0.153. The lowest BCUT2D eigenvalue weighted by atomic mass is 10.1. The van der Waals surface area contributed by atoms with Crippen LogP contribution in [0.25, 0.3) is 0 Å². The van der Waals surface area contributed by atoms with Crippen LogP contribution < -0.4 is 0 Å². The minimum absolute atomic E-state index is 0.0689. The van der Waals surface area contributed by atoms with Crippen LogP contribution in [0.3, 0.4) is 0 Å². The van der Waals surface area contributed by atoms with Crippen molar-refractivity contribution >= 4 is 19.8 Å². The highest BCUT2D eigenvalue weighted by Crippen LogP contribution is 2.43. The van der Waals surface area contributed by atoms with Gasteiger partial charge in [-0.1, -0.05) is 152 Å². The Hall–Kier alpha value is -2.33. The molecule has 0 aliphatic rings. The molecule has 55 heavy (non-hydrogen) atoms. The van der Waals surface area contributed by atoms with E-state index in [0.29, 0.717) is 12.8 Å². The Morgan fingerprint density at radius 3 is 1.35 bits per heavy atom. The van der Waals surface area contributed by atoms with Gasteiger partial charge in [0.25, 0.3) is 0 Å². The molecule has 0 bridgehead atoms. The molecule has 0 aliphatic carbocycles. The molecule has 0 aromatic carbocycles. The largest absolute Gasteiger partial charge is 0.472 e. The molecule has 3 atom stereocenters. The summed E-state index contributed by atoms with van der Waals surface area (Å²) in [6.07, 6.45) is 43.6. The number of esters is 2. The van der Waals surface area contributed by atoms with Crippen LogP contribution in [-0.4, -0.2) is 65.7 Å². The monoisotopic (exact) mass is 797 g/mol. The summed E-state index contributed by atoms with van der Waals surface area (Å²) in [5.74, 6) is -1.11. The molecule has 0 spiro atoms. The van der Waals surface area contributed by atoms with Crippen molar-refractivity contribution in [1.82, 2.24) is 0 Å². The molecule has 318 valence electrons. The number of aliphatic hydroxyl groups is 2. The lowest BCUT2D eigenvalue weighted by Crippen LogP contribution is -2.28. The second-order valence-corrected chi connectivity index (χ2v) is 15.4. The Labute approximate surface area is 334 Å². The van der Waals surface area contributed by atoms with Crippen LogP contribution in [-0.2, 0) is 32.7 Å². The number of hydrogen-bond donors (Lipinski definition) is 3. The minimum Gasteiger partial charge on any atom is -0.457 e. The molecule has 0 heterocycles. The predicted molar refractivity (Wildman–Crippen MR) is 224 cm³/mol. The van der Waals surface area contributed by atoms with E-state index in [-0.39, 0.29) is 12.8 Å². The maximum Gasteiger partial charge on any atom is 0.472 e. The molecule has 3 N–H and O–H groups in total. The maximum absolute atomic E-state index is 12.3. The summed E-state index contributed by atoms with van der Waals surface area (Å²) < 4.78 is 32.4. The van der Waals surface area contributed by atoms with Crippen molar-refractivity contribution in [3.05, 3.63) is 60.8 Å². The molecule has 10 nitrogen and oxygen atoms in total. The van der Waals surface area contributed by atoms with Crippen molar-refractivity contribution in [2.24, 2.45) is 0 Å². The summed E-state index contributed by atoms with van der Waals surface area (Å²) in [7, 11) is -4.65. The summed E-state index contributed by atoms with van der Waals surface area (Å²) in [5, 5.41) is 19.1. The Bertz CT molecular complexity index is 1100. The first kappa shape index (κ1) is 52.7. The van der Waals surface area contributed by atoms with E-state index in [0.717, 1.165) is 44.9 Å². The van der Waals surface area contributed by atoms with Gasteiger partial charge < -0.3 is 24.6 Å². The summed E-state index contributed by atoms with van der Waals surface area (Å²) in [6, 6.07) is 0. The second-order valence-electron chi connectivity index (χ2n) is 13.9. The van der Waals surface area contributed by atoms with Gasteiger partial charge >= 0.3 is 19.8 Å². The van der Waals surface area contributed by atoms with E-state index < -0.39 is 58.4 Å². The quantitative estimate of drug-likeness (QED) is 0.0237. The second kappa shape index (κ2) is 39.9. The smallest absolute Gasteiger partial charge is 0.457 e. The third kappa shape index (κ3) is 38.3. The normalized spacial score (nSPS) is 14.5. The molecule has 3 unspecified atom stereocenters. The summed E-state index contributed by atoms with van der Waals surface area (Å²) in [5.41, 5.74) is 0. The first-order chi connectivity index (χ1) is 26.8. The number of carbonyl (C=O) groups excluding carboxylic acids is 2. The number of ether oxygens (including phenoxy) is 2. The average Bonchev–Trinajstić information content (AvgIpc) is 3.17. The van der Waals surface area contributed by atoms with E-state index in [1.807, 2.05) is 18.2 Å². The number of allylic oxidation sites excluding steroid dienone is 10. The predicted octanol–water partition coefficient (Wildman–Crippen LogP) is 11.1. The van der Waals surface area contributed by atoms with Gasteiger partial charge in [0, 0.05) is 12.8 Å². The van der Waals surface area contributed by atoms with Gasteiger partial charge in [-0.05, 0) is 64.2 Å². The molecular formula is C44H77O10P. The fourth-order valence-corrected chi connectivity index (χ4v) is 6.26. The number of unbranched alkanes of at least 4 members (excludes halogenated alkanes) is 15. The van der Waals surface area contributed by atoms with Crippen LogP contribution in [0.1, 0.15) is 168 Å². The van der Waals surface area contributed by atoms with Crippen molar-refractivity contribution in [3.63, 3.8) is 0 Å². The van der Waals surface area contributed by atoms with E-state index >= 15 is 0 Å². The zero-order chi connectivity index (χ0) is 40.5. The number of phosphoric acid groups is 1. The van der Waals surface area contributed by atoms with Gasteiger partial charge in [0.05, 0.1) is 26.4 Å². The zero-order valence-electron chi connectivity index (χ0n) is 34.4. The molecule has 0 radical (unpaired) electrons. The Kier molecular flexibility index (Phi) is 38.2. The van der Waals surface area contributed by atoms with Crippen molar-refractivity contribution < 1.29 is 47.8 Å². The number of phosphoric ester groups is 1. The first-order valence-corrected chi connectivity index (χ1v) is 22.7. The summed E-state index contributed by atoms with van der Waals surface area (Å²) in [6.45, 7) is 1.99. The molecule has 0 aromatic heterocycles. The topological polar surface area (TPSA) is 149 Å². The van der Waals surface area contributed by atoms with Gasteiger partial charge in [0.1, 0.15) is 12.2 Å². The lowest BCUT2D eigenvalue weighted by Gasteiger charge is -2.20. The molecular weight excluding hydrogens is 719 g/mol. The van der Waals surface area contributed by atoms with E-state index in [2.05, 4.69) is 56.4 Å². The molecule has 11 heteroatoms. The zero-order valence-corrected chi connectivity index (χ0v) is 35.3. The highest BCUT2D eigenvalue weighted by atomic mass is 31.2. The number of aliphatic hydroxyl groups excluding tert-OH is 2. The van der Waals surface area contributed by atoms with Crippen LogP contribution in [0.15, 0.2) is 60.8 Å². The minimum atomic E-state index is -4.65. The Morgan fingerprint density at radius 2 is 0.891 bits per heavy atom. The third-order valence-corrected chi connectivity index (χ3v) is 9.68. The molecule has 0 aliphatic heterocycles.